The molecule has 0 bridgehead atoms. The number of rotatable bonds is 2. The van der Waals surface area contributed by atoms with Gasteiger partial charge >= 0.3 is 0 Å². The van der Waals surface area contributed by atoms with Gasteiger partial charge in [0, 0.05) is 10.0 Å². The molecule has 0 aliphatic heterocycles. The van der Waals surface area contributed by atoms with Gasteiger partial charge in [-0.15, -0.1) is 0 Å². The molecule has 0 unspecified atom stereocenters. The third-order valence-corrected chi connectivity index (χ3v) is 5.12. The lowest BCUT2D eigenvalue weighted by Crippen LogP contribution is -1.82. The van der Waals surface area contributed by atoms with Crippen LogP contribution in [-0.4, -0.2) is 6.29 Å². The number of halogens is 4. The Morgan fingerprint density at radius 3 is 2.47 bits per heavy atom. The minimum Gasteiger partial charge on any atom is -0.453 e. The summed E-state index contributed by atoms with van der Waals surface area (Å²) in [4.78, 5) is 10.6. The van der Waals surface area contributed by atoms with Gasteiger partial charge < -0.3 is 4.42 Å². The number of aldehydes is 1. The number of benzene rings is 1. The van der Waals surface area contributed by atoms with Crippen molar-refractivity contribution < 1.29 is 9.21 Å². The number of carbonyl (C=O) groups excluding carboxylic acids is 1. The summed E-state index contributed by atoms with van der Waals surface area (Å²) in [7, 11) is 0. The third-order valence-electron chi connectivity index (χ3n) is 2.11. The second-order valence-corrected chi connectivity index (χ2v) is 5.54. The van der Waals surface area contributed by atoms with Crippen LogP contribution in [0.3, 0.4) is 0 Å². The first-order chi connectivity index (χ1) is 8.04. The smallest absolute Gasteiger partial charge is 0.185 e. The molecule has 2 nitrogen and oxygen atoms in total. The predicted molar refractivity (Wildman–Crippen MR) is 75.0 cm³/mol. The largest absolute Gasteiger partial charge is 0.453 e. The summed E-state index contributed by atoms with van der Waals surface area (Å²) in [6, 6.07) is 4.97. The van der Waals surface area contributed by atoms with Crippen LogP contribution in [0.2, 0.25) is 10.0 Å². The van der Waals surface area contributed by atoms with Crippen LogP contribution in [0.4, 0.5) is 0 Å². The first-order valence-corrected chi connectivity index (χ1v) is 6.77. The molecule has 0 saturated heterocycles. The van der Waals surface area contributed by atoms with Crippen molar-refractivity contribution in [2.75, 3.05) is 0 Å². The molecule has 1 aromatic heterocycles. The van der Waals surface area contributed by atoms with Crippen LogP contribution in [0.5, 0.6) is 0 Å². The van der Waals surface area contributed by atoms with E-state index in [1.165, 1.54) is 0 Å². The predicted octanol–water partition coefficient (Wildman–Crippen LogP) is 5.59. The van der Waals surface area contributed by atoms with E-state index in [1.807, 2.05) is 0 Å². The maximum Gasteiger partial charge on any atom is 0.185 e. The molecule has 88 valence electrons. The monoisotopic (exact) mass is 396 g/mol. The zero-order valence-corrected chi connectivity index (χ0v) is 12.8. The molecule has 0 aliphatic carbocycles. The number of furan rings is 1. The highest BCUT2D eigenvalue weighted by atomic mass is 79.9. The average molecular weight is 399 g/mol. The highest BCUT2D eigenvalue weighted by molar-refractivity contribution is 9.11. The molecule has 1 aromatic carbocycles. The van der Waals surface area contributed by atoms with E-state index >= 15 is 0 Å². The van der Waals surface area contributed by atoms with Crippen molar-refractivity contribution in [2.45, 2.75) is 0 Å². The Morgan fingerprint density at radius 1 is 1.18 bits per heavy atom. The van der Waals surface area contributed by atoms with Crippen LogP contribution in [0.1, 0.15) is 10.6 Å². The van der Waals surface area contributed by atoms with E-state index in [-0.39, 0.29) is 5.76 Å². The summed E-state index contributed by atoms with van der Waals surface area (Å²) >= 11 is 18.7. The van der Waals surface area contributed by atoms with E-state index in [1.54, 1.807) is 18.2 Å². The van der Waals surface area contributed by atoms with Gasteiger partial charge in [0.15, 0.2) is 12.0 Å². The number of hydrogen-bond acceptors (Lipinski definition) is 2. The minimum absolute atomic E-state index is 0.252. The molecular weight excluding hydrogens is 395 g/mol. The fourth-order valence-electron chi connectivity index (χ4n) is 1.31. The molecule has 6 heteroatoms. The molecule has 17 heavy (non-hydrogen) atoms. The summed E-state index contributed by atoms with van der Waals surface area (Å²) in [5.41, 5.74) is 0.691. The molecule has 0 amide bonds. The summed E-state index contributed by atoms with van der Waals surface area (Å²) in [5, 5.41) is 0.925. The Morgan fingerprint density at radius 2 is 1.88 bits per heavy atom. The SMILES string of the molecule is O=Cc1ccc(-c2cc(Cl)c(Br)c(Cl)c2Br)o1. The van der Waals surface area contributed by atoms with E-state index in [2.05, 4.69) is 31.9 Å². The first-order valence-electron chi connectivity index (χ1n) is 4.43. The van der Waals surface area contributed by atoms with E-state index in [4.69, 9.17) is 27.6 Å². The van der Waals surface area contributed by atoms with Gasteiger partial charge in [-0.3, -0.25) is 4.79 Å². The van der Waals surface area contributed by atoms with Gasteiger partial charge in [-0.25, -0.2) is 0 Å². The van der Waals surface area contributed by atoms with Crippen molar-refractivity contribution >= 4 is 61.3 Å². The zero-order valence-electron chi connectivity index (χ0n) is 8.14. The number of hydrogen-bond donors (Lipinski definition) is 0. The Kier molecular flexibility index (Phi) is 3.98. The Labute approximate surface area is 124 Å². The van der Waals surface area contributed by atoms with Crippen LogP contribution in [0.15, 0.2) is 31.6 Å². The topological polar surface area (TPSA) is 30.2 Å². The third kappa shape index (κ3) is 2.45. The summed E-state index contributed by atoms with van der Waals surface area (Å²) < 4.78 is 6.58. The van der Waals surface area contributed by atoms with Crippen molar-refractivity contribution in [2.24, 2.45) is 0 Å². The first kappa shape index (κ1) is 13.1. The Balaban J connectivity index is 2.63. The van der Waals surface area contributed by atoms with Crippen LogP contribution in [0, 0.1) is 0 Å². The molecule has 0 fully saturated rings. The summed E-state index contributed by atoms with van der Waals surface area (Å²) in [6.45, 7) is 0. The van der Waals surface area contributed by atoms with Gasteiger partial charge in [0.05, 0.1) is 14.5 Å². The van der Waals surface area contributed by atoms with E-state index in [9.17, 15) is 4.79 Å². The summed E-state index contributed by atoms with van der Waals surface area (Å²) in [6.07, 6.45) is 0.638. The molecule has 0 aliphatic rings. The van der Waals surface area contributed by atoms with Gasteiger partial charge in [0.25, 0.3) is 0 Å². The van der Waals surface area contributed by atoms with Crippen LogP contribution >= 0.6 is 55.1 Å². The van der Waals surface area contributed by atoms with Crippen LogP contribution in [-0.2, 0) is 0 Å². The van der Waals surface area contributed by atoms with Gasteiger partial charge in [-0.1, -0.05) is 23.2 Å². The second kappa shape index (κ2) is 5.14. The van der Waals surface area contributed by atoms with Crippen LogP contribution < -0.4 is 0 Å². The van der Waals surface area contributed by atoms with E-state index in [0.29, 0.717) is 36.6 Å². The van der Waals surface area contributed by atoms with Crippen molar-refractivity contribution in [3.8, 4) is 11.3 Å². The fourth-order valence-corrected chi connectivity index (χ4v) is 2.86. The molecule has 0 N–H and O–H groups in total. The molecule has 0 radical (unpaired) electrons. The van der Waals surface area contributed by atoms with Gasteiger partial charge in [-0.2, -0.15) is 0 Å². The molecule has 2 rings (SSSR count). The lowest BCUT2D eigenvalue weighted by molar-refractivity contribution is 0.110. The maximum atomic E-state index is 10.6. The van der Waals surface area contributed by atoms with Gasteiger partial charge in [0.1, 0.15) is 5.76 Å². The van der Waals surface area contributed by atoms with E-state index in [0.717, 1.165) is 0 Å². The number of carbonyl (C=O) groups is 1. The quantitative estimate of drug-likeness (QED) is 0.375. The Bertz CT molecular complexity index is 593. The van der Waals surface area contributed by atoms with Gasteiger partial charge in [0.2, 0.25) is 0 Å². The highest BCUT2D eigenvalue weighted by Gasteiger charge is 2.16. The van der Waals surface area contributed by atoms with Crippen molar-refractivity contribution in [3.05, 3.63) is 43.0 Å². The van der Waals surface area contributed by atoms with Gasteiger partial charge in [-0.05, 0) is 50.1 Å². The molecular formula is C11H4Br2Cl2O2. The molecule has 2 aromatic rings. The van der Waals surface area contributed by atoms with Crippen LogP contribution in [0.25, 0.3) is 11.3 Å². The molecule has 1 heterocycles. The fraction of sp³-hybridized carbons (Fsp3) is 0. The lowest BCUT2D eigenvalue weighted by Gasteiger charge is -2.07. The normalized spacial score (nSPS) is 10.6. The minimum atomic E-state index is 0.252. The van der Waals surface area contributed by atoms with Crippen molar-refractivity contribution in [1.29, 1.82) is 0 Å². The van der Waals surface area contributed by atoms with Crippen molar-refractivity contribution in [1.82, 2.24) is 0 Å². The highest BCUT2D eigenvalue weighted by Crippen LogP contribution is 2.42. The lowest BCUT2D eigenvalue weighted by atomic mass is 10.2. The molecule has 0 atom stereocenters. The van der Waals surface area contributed by atoms with Crippen molar-refractivity contribution in [3.63, 3.8) is 0 Å². The standard InChI is InChI=1S/C11H4Br2Cl2O2/c12-9-6(3-7(14)10(13)11(9)15)8-2-1-5(4-16)17-8/h1-4H. The molecule has 0 saturated carbocycles. The Hall–Kier alpha value is -0.290. The second-order valence-electron chi connectivity index (χ2n) is 3.17. The maximum absolute atomic E-state index is 10.6. The van der Waals surface area contributed by atoms with E-state index < -0.39 is 0 Å². The zero-order chi connectivity index (χ0) is 12.6. The average Bonchev–Trinajstić information content (AvgIpc) is 2.79. The molecule has 0 spiro atoms. The summed E-state index contributed by atoms with van der Waals surface area (Å²) in [5.74, 6) is 0.775.